The number of aromatic nitrogens is 1. The largest absolute Gasteiger partial charge is 0.497 e. The van der Waals surface area contributed by atoms with Gasteiger partial charge in [-0.2, -0.15) is 0 Å². The molecule has 0 bridgehead atoms. The molecule has 0 aliphatic carbocycles. The Bertz CT molecular complexity index is 859. The summed E-state index contributed by atoms with van der Waals surface area (Å²) in [4.78, 5) is 26.8. The summed E-state index contributed by atoms with van der Waals surface area (Å²) in [6.45, 7) is 2.57. The second-order valence-electron chi connectivity index (χ2n) is 6.52. The normalized spacial score (nSPS) is 16.6. The molecule has 6 heteroatoms. The molecule has 0 N–H and O–H groups in total. The van der Waals surface area contributed by atoms with Gasteiger partial charge in [-0.15, -0.1) is 0 Å². The predicted octanol–water partition coefficient (Wildman–Crippen LogP) is 2.54. The number of hydrogen-bond donors (Lipinski definition) is 0. The van der Waals surface area contributed by atoms with Gasteiger partial charge in [0.25, 0.3) is 5.56 Å². The lowest BCUT2D eigenvalue weighted by atomic mass is 10.0. The molecule has 1 saturated heterocycles. The van der Waals surface area contributed by atoms with E-state index in [-0.39, 0.29) is 24.1 Å². The van der Waals surface area contributed by atoms with Crippen LogP contribution in [0.3, 0.4) is 0 Å². The second-order valence-corrected chi connectivity index (χ2v) is 6.52. The van der Waals surface area contributed by atoms with Gasteiger partial charge in [0.05, 0.1) is 20.3 Å². The highest BCUT2D eigenvalue weighted by molar-refractivity contribution is 5.77. The number of ether oxygens (including phenoxy) is 2. The third-order valence-corrected chi connectivity index (χ3v) is 4.83. The van der Waals surface area contributed by atoms with Crippen LogP contribution in [0.25, 0.3) is 0 Å². The first-order valence-electron chi connectivity index (χ1n) is 8.72. The number of rotatable bonds is 5. The molecule has 1 amide bonds. The quantitative estimate of drug-likeness (QED) is 0.826. The molecule has 0 unspecified atom stereocenters. The van der Waals surface area contributed by atoms with Gasteiger partial charge in [0.1, 0.15) is 18.0 Å². The summed E-state index contributed by atoms with van der Waals surface area (Å²) >= 11 is 0. The number of carbonyl (C=O) groups excluding carboxylic acids is 1. The van der Waals surface area contributed by atoms with Crippen LogP contribution in [0.2, 0.25) is 0 Å². The van der Waals surface area contributed by atoms with Crippen LogP contribution in [-0.4, -0.2) is 36.1 Å². The highest BCUT2D eigenvalue weighted by Crippen LogP contribution is 2.38. The second kappa shape index (κ2) is 7.64. The molecule has 26 heavy (non-hydrogen) atoms. The molecule has 3 rings (SSSR count). The van der Waals surface area contributed by atoms with Crippen molar-refractivity contribution in [2.45, 2.75) is 32.4 Å². The molecule has 0 radical (unpaired) electrons. The number of likely N-dealkylation sites (tertiary alicyclic amines) is 1. The number of amides is 1. The smallest absolute Gasteiger partial charge is 0.251 e. The van der Waals surface area contributed by atoms with E-state index in [2.05, 4.69) is 0 Å². The van der Waals surface area contributed by atoms with Crippen LogP contribution in [0.4, 0.5) is 0 Å². The SMILES string of the molecule is COc1ccc(OC)c([C@@H]2CCCN2C(=O)Cn2ccc(C)cc2=O)c1. The molecule has 1 aromatic carbocycles. The van der Waals surface area contributed by atoms with Gasteiger partial charge in [-0.3, -0.25) is 9.59 Å². The molecule has 2 heterocycles. The van der Waals surface area contributed by atoms with Crippen molar-refractivity contribution in [1.29, 1.82) is 0 Å². The Morgan fingerprint density at radius 3 is 2.69 bits per heavy atom. The fraction of sp³-hybridized carbons (Fsp3) is 0.400. The first kappa shape index (κ1) is 18.0. The van der Waals surface area contributed by atoms with Crippen molar-refractivity contribution < 1.29 is 14.3 Å². The third kappa shape index (κ3) is 3.59. The molecule has 1 aromatic heterocycles. The molecule has 138 valence electrons. The molecule has 6 nitrogen and oxygen atoms in total. The Kier molecular flexibility index (Phi) is 5.30. The van der Waals surface area contributed by atoms with Crippen LogP contribution >= 0.6 is 0 Å². The summed E-state index contributed by atoms with van der Waals surface area (Å²) in [7, 11) is 3.24. The Labute approximate surface area is 153 Å². The minimum atomic E-state index is -0.159. The Morgan fingerprint density at radius 2 is 2.00 bits per heavy atom. The van der Waals surface area contributed by atoms with Crippen LogP contribution < -0.4 is 15.0 Å². The van der Waals surface area contributed by atoms with Crippen LogP contribution in [0.15, 0.2) is 41.3 Å². The number of pyridine rings is 1. The van der Waals surface area contributed by atoms with Crippen LogP contribution in [0, 0.1) is 6.92 Å². The molecule has 1 aliphatic rings. The maximum atomic E-state index is 12.9. The van der Waals surface area contributed by atoms with Crippen LogP contribution in [-0.2, 0) is 11.3 Å². The van der Waals surface area contributed by atoms with Gasteiger partial charge in [0, 0.05) is 24.4 Å². The molecular weight excluding hydrogens is 332 g/mol. The molecule has 1 atom stereocenters. The average molecular weight is 356 g/mol. The summed E-state index contributed by atoms with van der Waals surface area (Å²) in [5, 5.41) is 0. The minimum absolute atomic E-state index is 0.0435. The van der Waals surface area contributed by atoms with Gasteiger partial charge < -0.3 is 18.9 Å². The number of aryl methyl sites for hydroxylation is 1. The van der Waals surface area contributed by atoms with E-state index < -0.39 is 0 Å². The standard InChI is InChI=1S/C20H24N2O4/c1-14-8-10-21(19(23)11-14)13-20(24)22-9-4-5-17(22)16-12-15(25-2)6-7-18(16)26-3/h6-8,10-12,17H,4-5,9,13H2,1-3H3/t17-/m0/s1. The number of carbonyl (C=O) groups is 1. The van der Waals surface area contributed by atoms with E-state index in [1.807, 2.05) is 36.1 Å². The van der Waals surface area contributed by atoms with Crippen molar-refractivity contribution in [2.24, 2.45) is 0 Å². The van der Waals surface area contributed by atoms with Gasteiger partial charge >= 0.3 is 0 Å². The van der Waals surface area contributed by atoms with Crippen molar-refractivity contribution in [2.75, 3.05) is 20.8 Å². The average Bonchev–Trinajstić information content (AvgIpc) is 3.13. The van der Waals surface area contributed by atoms with E-state index in [9.17, 15) is 9.59 Å². The van der Waals surface area contributed by atoms with E-state index >= 15 is 0 Å². The maximum absolute atomic E-state index is 12.9. The summed E-state index contributed by atoms with van der Waals surface area (Å²) < 4.78 is 12.3. The van der Waals surface area contributed by atoms with E-state index in [0.717, 1.165) is 35.5 Å². The molecular formula is C20H24N2O4. The monoisotopic (exact) mass is 356 g/mol. The molecule has 1 aliphatic heterocycles. The third-order valence-electron chi connectivity index (χ3n) is 4.83. The van der Waals surface area contributed by atoms with Gasteiger partial charge in [-0.1, -0.05) is 0 Å². The number of hydrogen-bond acceptors (Lipinski definition) is 4. The lowest BCUT2D eigenvalue weighted by Crippen LogP contribution is -2.36. The van der Waals surface area contributed by atoms with Crippen molar-refractivity contribution in [1.82, 2.24) is 9.47 Å². The fourth-order valence-electron chi connectivity index (χ4n) is 3.46. The first-order chi connectivity index (χ1) is 12.5. The summed E-state index contributed by atoms with van der Waals surface area (Å²) in [5.74, 6) is 1.40. The number of methoxy groups -OCH3 is 2. The van der Waals surface area contributed by atoms with Crippen LogP contribution in [0.5, 0.6) is 11.5 Å². The highest BCUT2D eigenvalue weighted by atomic mass is 16.5. The predicted molar refractivity (Wildman–Crippen MR) is 98.7 cm³/mol. The first-order valence-corrected chi connectivity index (χ1v) is 8.72. The Hall–Kier alpha value is -2.76. The van der Waals surface area contributed by atoms with E-state index in [1.165, 1.54) is 4.57 Å². The van der Waals surface area contributed by atoms with E-state index in [1.54, 1.807) is 26.5 Å². The van der Waals surface area contributed by atoms with Gasteiger partial charge in [0.15, 0.2) is 0 Å². The fourth-order valence-corrected chi connectivity index (χ4v) is 3.46. The molecule has 0 saturated carbocycles. The van der Waals surface area contributed by atoms with Crippen molar-refractivity contribution in [3.63, 3.8) is 0 Å². The van der Waals surface area contributed by atoms with Gasteiger partial charge in [-0.05, 0) is 49.6 Å². The summed E-state index contributed by atoms with van der Waals surface area (Å²) in [6.07, 6.45) is 3.45. The Morgan fingerprint density at radius 1 is 1.19 bits per heavy atom. The Balaban J connectivity index is 1.86. The lowest BCUT2D eigenvalue weighted by Gasteiger charge is -2.27. The zero-order valence-electron chi connectivity index (χ0n) is 15.4. The minimum Gasteiger partial charge on any atom is -0.497 e. The van der Waals surface area contributed by atoms with Gasteiger partial charge in [-0.25, -0.2) is 0 Å². The number of benzene rings is 1. The van der Waals surface area contributed by atoms with Crippen molar-refractivity contribution >= 4 is 5.91 Å². The van der Waals surface area contributed by atoms with Crippen LogP contribution in [0.1, 0.15) is 30.0 Å². The molecule has 1 fully saturated rings. The van der Waals surface area contributed by atoms with Gasteiger partial charge in [0.2, 0.25) is 5.91 Å². The van der Waals surface area contributed by atoms with E-state index in [4.69, 9.17) is 9.47 Å². The lowest BCUT2D eigenvalue weighted by molar-refractivity contribution is -0.132. The van der Waals surface area contributed by atoms with E-state index in [0.29, 0.717) is 6.54 Å². The number of nitrogens with zero attached hydrogens (tertiary/aromatic N) is 2. The zero-order chi connectivity index (χ0) is 18.7. The highest BCUT2D eigenvalue weighted by Gasteiger charge is 2.32. The topological polar surface area (TPSA) is 60.8 Å². The van der Waals surface area contributed by atoms with Crippen molar-refractivity contribution in [3.8, 4) is 11.5 Å². The van der Waals surface area contributed by atoms with Crippen molar-refractivity contribution in [3.05, 3.63) is 58.0 Å². The zero-order valence-corrected chi connectivity index (χ0v) is 15.4. The molecule has 2 aromatic rings. The summed E-state index contributed by atoms with van der Waals surface area (Å²) in [6, 6.07) is 8.93. The maximum Gasteiger partial charge on any atom is 0.251 e. The summed E-state index contributed by atoms with van der Waals surface area (Å²) in [5.41, 5.74) is 1.67. The molecule has 0 spiro atoms.